The van der Waals surface area contributed by atoms with E-state index >= 15 is 0 Å². The van der Waals surface area contributed by atoms with Crippen LogP contribution in [0, 0.1) is 6.92 Å². The minimum atomic E-state index is -3.61. The van der Waals surface area contributed by atoms with E-state index in [1.165, 1.54) is 18.2 Å². The lowest BCUT2D eigenvalue weighted by molar-refractivity contribution is 0.135. The number of hydrogen-bond donors (Lipinski definition) is 0. The van der Waals surface area contributed by atoms with Crippen LogP contribution in [0.2, 0.25) is 0 Å². The monoisotopic (exact) mass is 464 g/mol. The van der Waals surface area contributed by atoms with Crippen LogP contribution in [0.15, 0.2) is 83.8 Å². The molecule has 0 spiro atoms. The van der Waals surface area contributed by atoms with Gasteiger partial charge in [0.2, 0.25) is 10.0 Å². The van der Waals surface area contributed by atoms with Gasteiger partial charge in [0.05, 0.1) is 7.11 Å². The summed E-state index contributed by atoms with van der Waals surface area (Å²) in [6.07, 6.45) is 1.88. The second-order valence-corrected chi connectivity index (χ2v) is 10.5. The molecular weight excluding hydrogens is 432 g/mol. The molecule has 33 heavy (non-hydrogen) atoms. The van der Waals surface area contributed by atoms with Gasteiger partial charge in [0.1, 0.15) is 10.6 Å². The Bertz CT molecular complexity index is 1100. The van der Waals surface area contributed by atoms with Crippen LogP contribution < -0.4 is 4.74 Å². The lowest BCUT2D eigenvalue weighted by atomic mass is 9.97. The number of sulfonamides is 1. The molecule has 0 N–H and O–H groups in total. The molecule has 6 heteroatoms. The molecule has 1 saturated heterocycles. The van der Waals surface area contributed by atoms with Gasteiger partial charge in [-0.25, -0.2) is 8.42 Å². The second-order valence-electron chi connectivity index (χ2n) is 8.63. The van der Waals surface area contributed by atoms with Crippen molar-refractivity contribution in [3.63, 3.8) is 0 Å². The van der Waals surface area contributed by atoms with Gasteiger partial charge < -0.3 is 4.74 Å². The molecule has 0 aromatic heterocycles. The summed E-state index contributed by atoms with van der Waals surface area (Å²) in [6, 6.07) is 26.7. The van der Waals surface area contributed by atoms with Crippen molar-refractivity contribution in [1.29, 1.82) is 0 Å². The lowest BCUT2D eigenvalue weighted by Gasteiger charge is -2.39. The third-order valence-corrected chi connectivity index (χ3v) is 8.27. The van der Waals surface area contributed by atoms with Gasteiger partial charge in [0.15, 0.2) is 0 Å². The van der Waals surface area contributed by atoms with Crippen LogP contribution in [-0.2, 0) is 22.9 Å². The molecule has 0 unspecified atom stereocenters. The topological polar surface area (TPSA) is 49.9 Å². The Morgan fingerprint density at radius 2 is 1.36 bits per heavy atom. The van der Waals surface area contributed by atoms with Crippen LogP contribution >= 0.6 is 0 Å². The minimum absolute atomic E-state index is 0.253. The Morgan fingerprint density at radius 3 is 1.88 bits per heavy atom. The average Bonchev–Trinajstić information content (AvgIpc) is 2.85. The standard InChI is InChI=1S/C27H32N2O3S/c1-22-13-14-26(32-2)27(19-22)33(30,31)29-17-15-28(16-18-29)25(20-23-9-5-3-6-10-23)21-24-11-7-4-8-12-24/h3-14,19,25H,15-18,20-21H2,1-2H3. The third kappa shape index (κ3) is 5.64. The van der Waals surface area contributed by atoms with Gasteiger partial charge >= 0.3 is 0 Å². The fourth-order valence-corrected chi connectivity index (χ4v) is 6.20. The molecule has 174 valence electrons. The molecule has 5 nitrogen and oxygen atoms in total. The summed E-state index contributed by atoms with van der Waals surface area (Å²) in [6.45, 7) is 4.25. The van der Waals surface area contributed by atoms with Gasteiger partial charge in [-0.1, -0.05) is 66.7 Å². The quantitative estimate of drug-likeness (QED) is 0.502. The van der Waals surface area contributed by atoms with E-state index in [4.69, 9.17) is 4.74 Å². The molecule has 0 radical (unpaired) electrons. The molecule has 0 bridgehead atoms. The zero-order valence-electron chi connectivity index (χ0n) is 19.4. The highest BCUT2D eigenvalue weighted by atomic mass is 32.2. The second kappa shape index (κ2) is 10.5. The number of benzene rings is 3. The van der Waals surface area contributed by atoms with Crippen molar-refractivity contribution in [2.24, 2.45) is 0 Å². The van der Waals surface area contributed by atoms with E-state index in [2.05, 4.69) is 53.4 Å². The third-order valence-electron chi connectivity index (χ3n) is 6.35. The molecule has 0 saturated carbocycles. The van der Waals surface area contributed by atoms with E-state index in [-0.39, 0.29) is 4.90 Å². The van der Waals surface area contributed by atoms with Gasteiger partial charge in [-0.3, -0.25) is 4.90 Å². The van der Waals surface area contributed by atoms with E-state index in [0.29, 0.717) is 38.0 Å². The van der Waals surface area contributed by atoms with E-state index in [9.17, 15) is 8.42 Å². The predicted molar refractivity (Wildman–Crippen MR) is 132 cm³/mol. The average molecular weight is 465 g/mol. The predicted octanol–water partition coefficient (Wildman–Crippen LogP) is 4.16. The van der Waals surface area contributed by atoms with Crippen LogP contribution in [0.5, 0.6) is 5.75 Å². The maximum Gasteiger partial charge on any atom is 0.246 e. The lowest BCUT2D eigenvalue weighted by Crippen LogP contribution is -2.53. The molecule has 1 fully saturated rings. The van der Waals surface area contributed by atoms with Crippen molar-refractivity contribution in [2.75, 3.05) is 33.3 Å². The Balaban J connectivity index is 1.50. The Labute approximate surface area is 197 Å². The van der Waals surface area contributed by atoms with Gasteiger partial charge in [-0.15, -0.1) is 0 Å². The first-order chi connectivity index (χ1) is 16.0. The number of aryl methyl sites for hydroxylation is 1. The van der Waals surface area contributed by atoms with Crippen LogP contribution in [0.1, 0.15) is 16.7 Å². The van der Waals surface area contributed by atoms with Gasteiger partial charge in [-0.2, -0.15) is 4.31 Å². The first kappa shape index (κ1) is 23.5. The molecular formula is C27H32N2O3S. The normalized spacial score (nSPS) is 15.6. The first-order valence-electron chi connectivity index (χ1n) is 11.4. The number of rotatable bonds is 8. The van der Waals surface area contributed by atoms with Gasteiger partial charge in [0.25, 0.3) is 0 Å². The summed E-state index contributed by atoms with van der Waals surface area (Å²) < 4.78 is 33.8. The summed E-state index contributed by atoms with van der Waals surface area (Å²) in [7, 11) is -2.10. The van der Waals surface area contributed by atoms with Crippen molar-refractivity contribution < 1.29 is 13.2 Å². The molecule has 3 aromatic carbocycles. The van der Waals surface area contributed by atoms with E-state index < -0.39 is 10.0 Å². The molecule has 0 amide bonds. The number of piperazine rings is 1. The van der Waals surface area contributed by atoms with Crippen molar-refractivity contribution in [2.45, 2.75) is 30.7 Å². The van der Waals surface area contributed by atoms with Gasteiger partial charge in [-0.05, 0) is 48.6 Å². The number of hydrogen-bond acceptors (Lipinski definition) is 4. The summed E-state index contributed by atoms with van der Waals surface area (Å²) in [4.78, 5) is 2.70. The maximum atomic E-state index is 13.4. The highest BCUT2D eigenvalue weighted by molar-refractivity contribution is 7.89. The summed E-state index contributed by atoms with van der Waals surface area (Å²) in [5, 5.41) is 0. The molecule has 0 aliphatic carbocycles. The summed E-state index contributed by atoms with van der Waals surface area (Å²) in [5.74, 6) is 0.397. The molecule has 1 aliphatic heterocycles. The highest BCUT2D eigenvalue weighted by Gasteiger charge is 2.33. The number of nitrogens with zero attached hydrogens (tertiary/aromatic N) is 2. The largest absolute Gasteiger partial charge is 0.495 e. The molecule has 1 aliphatic rings. The van der Waals surface area contributed by atoms with Crippen molar-refractivity contribution in [1.82, 2.24) is 9.21 Å². The SMILES string of the molecule is COc1ccc(C)cc1S(=O)(=O)N1CCN(C(Cc2ccccc2)Cc2ccccc2)CC1. The summed E-state index contributed by atoms with van der Waals surface area (Å²) in [5.41, 5.74) is 3.51. The number of methoxy groups -OCH3 is 1. The van der Waals surface area contributed by atoms with E-state index in [0.717, 1.165) is 18.4 Å². The molecule has 1 heterocycles. The van der Waals surface area contributed by atoms with Crippen LogP contribution in [-0.4, -0.2) is 57.0 Å². The first-order valence-corrected chi connectivity index (χ1v) is 12.9. The molecule has 4 rings (SSSR count). The van der Waals surface area contributed by atoms with Crippen molar-refractivity contribution in [3.8, 4) is 5.75 Å². The fourth-order valence-electron chi connectivity index (χ4n) is 4.54. The molecule has 3 aromatic rings. The van der Waals surface area contributed by atoms with E-state index in [1.54, 1.807) is 16.4 Å². The van der Waals surface area contributed by atoms with Crippen LogP contribution in [0.3, 0.4) is 0 Å². The van der Waals surface area contributed by atoms with Crippen LogP contribution in [0.25, 0.3) is 0 Å². The van der Waals surface area contributed by atoms with Crippen molar-refractivity contribution in [3.05, 3.63) is 95.6 Å². The van der Waals surface area contributed by atoms with Crippen molar-refractivity contribution >= 4 is 10.0 Å². The van der Waals surface area contributed by atoms with E-state index in [1.807, 2.05) is 25.1 Å². The Morgan fingerprint density at radius 1 is 0.818 bits per heavy atom. The highest BCUT2D eigenvalue weighted by Crippen LogP contribution is 2.29. The zero-order valence-corrected chi connectivity index (χ0v) is 20.2. The van der Waals surface area contributed by atoms with Crippen LogP contribution in [0.4, 0.5) is 0 Å². The minimum Gasteiger partial charge on any atom is -0.495 e. The zero-order chi connectivity index (χ0) is 23.3. The Hall–Kier alpha value is -2.67. The molecule has 0 atom stereocenters. The maximum absolute atomic E-state index is 13.4. The fraction of sp³-hybridized carbons (Fsp3) is 0.333. The van der Waals surface area contributed by atoms with Gasteiger partial charge in [0, 0.05) is 32.2 Å². The Kier molecular flexibility index (Phi) is 7.48. The smallest absolute Gasteiger partial charge is 0.246 e. The summed E-state index contributed by atoms with van der Waals surface area (Å²) >= 11 is 0. The number of ether oxygens (including phenoxy) is 1.